The van der Waals surface area contributed by atoms with Crippen molar-refractivity contribution in [3.8, 4) is 5.75 Å². The van der Waals surface area contributed by atoms with Gasteiger partial charge in [0.05, 0.1) is 42.0 Å². The molecule has 0 spiro atoms. The number of para-hydroxylation sites is 1. The van der Waals surface area contributed by atoms with E-state index >= 15 is 0 Å². The van der Waals surface area contributed by atoms with E-state index < -0.39 is 16.2 Å². The Morgan fingerprint density at radius 2 is 2.00 bits per heavy atom. The van der Waals surface area contributed by atoms with E-state index in [1.807, 2.05) is 24.3 Å². The summed E-state index contributed by atoms with van der Waals surface area (Å²) in [5, 5.41) is 6.78. The number of nitrogens with two attached hydrogens (primary N) is 2. The summed E-state index contributed by atoms with van der Waals surface area (Å²) in [7, 11) is -2.38. The Balaban J connectivity index is 1.57. The number of aliphatic imine (C=N–C) groups is 1. The van der Waals surface area contributed by atoms with Crippen LogP contribution in [0, 0.1) is 0 Å². The van der Waals surface area contributed by atoms with Crippen LogP contribution in [0.25, 0.3) is 0 Å². The molecule has 2 aliphatic rings. The number of rotatable bonds is 4. The summed E-state index contributed by atoms with van der Waals surface area (Å²) >= 11 is 0. The van der Waals surface area contributed by atoms with Crippen molar-refractivity contribution in [3.05, 3.63) is 65.9 Å². The van der Waals surface area contributed by atoms with Crippen molar-refractivity contribution in [2.24, 2.45) is 16.5 Å². The summed E-state index contributed by atoms with van der Waals surface area (Å²) in [5.41, 5.74) is 15.0. The molecule has 2 unspecified atom stereocenters. The molecule has 0 saturated heterocycles. The zero-order chi connectivity index (χ0) is 22.5. The molecule has 3 heterocycles. The van der Waals surface area contributed by atoms with Crippen molar-refractivity contribution in [2.75, 3.05) is 18.0 Å². The first-order valence-corrected chi connectivity index (χ1v) is 11.5. The number of benzene rings is 2. The molecular weight excluding hydrogens is 430 g/mol. The first-order chi connectivity index (χ1) is 15.4. The predicted octanol–water partition coefficient (Wildman–Crippen LogP) is 1.46. The Morgan fingerprint density at radius 1 is 1.19 bits per heavy atom. The maximum Gasteiger partial charge on any atom is 0.264 e. The van der Waals surface area contributed by atoms with E-state index in [0.29, 0.717) is 29.2 Å². The topological polar surface area (TPSA) is 143 Å². The molecule has 0 saturated carbocycles. The molecule has 2 aromatic carbocycles. The van der Waals surface area contributed by atoms with Gasteiger partial charge in [-0.2, -0.15) is 10.1 Å². The lowest BCUT2D eigenvalue weighted by Crippen LogP contribution is -2.57. The quantitative estimate of drug-likeness (QED) is 0.543. The number of H-pyrrole nitrogens is 1. The molecule has 0 fully saturated rings. The molecule has 5 rings (SSSR count). The Morgan fingerprint density at radius 3 is 2.81 bits per heavy atom. The highest BCUT2D eigenvalue weighted by atomic mass is 32.2. The van der Waals surface area contributed by atoms with Crippen molar-refractivity contribution in [3.63, 3.8) is 0 Å². The maximum atomic E-state index is 13.7. The van der Waals surface area contributed by atoms with Crippen LogP contribution in [0.5, 0.6) is 5.75 Å². The monoisotopic (exact) mass is 453 g/mol. The first kappa shape index (κ1) is 20.3. The predicted molar refractivity (Wildman–Crippen MR) is 120 cm³/mol. The standard InChI is InChI=1S/C21H23N7O3S/c1-31-15-6-4-7-16(10-15)32(29,30)27-12-14(9-13-5-2-3-8-18(13)27)28-19(22)17-11-24-26-20(17)25-21(28)23/h2-8,10-11,14,19H,9,12,22H2,1H3,(H3,23,24,25,26). The number of methoxy groups -OCH3 is 1. The molecular formula is C21H23N7O3S. The second-order valence-electron chi connectivity index (χ2n) is 7.70. The van der Waals surface area contributed by atoms with Crippen LogP contribution in [0.1, 0.15) is 17.3 Å². The van der Waals surface area contributed by atoms with Crippen molar-refractivity contribution >= 4 is 27.5 Å². The average molecular weight is 454 g/mol. The van der Waals surface area contributed by atoms with Gasteiger partial charge in [0.2, 0.25) is 0 Å². The second-order valence-corrected chi connectivity index (χ2v) is 9.56. The highest BCUT2D eigenvalue weighted by Gasteiger charge is 2.40. The summed E-state index contributed by atoms with van der Waals surface area (Å²) in [6.45, 7) is 0.160. The molecule has 32 heavy (non-hydrogen) atoms. The van der Waals surface area contributed by atoms with Gasteiger partial charge in [0.25, 0.3) is 10.0 Å². The minimum atomic E-state index is -3.88. The van der Waals surface area contributed by atoms with Crippen molar-refractivity contribution in [1.82, 2.24) is 15.1 Å². The Labute approximate surface area is 185 Å². The first-order valence-electron chi connectivity index (χ1n) is 10.1. The number of aromatic nitrogens is 2. The lowest BCUT2D eigenvalue weighted by atomic mass is 9.97. The van der Waals surface area contributed by atoms with Gasteiger partial charge in [-0.05, 0) is 30.2 Å². The van der Waals surface area contributed by atoms with Crippen LogP contribution in [0.4, 0.5) is 11.5 Å². The number of ether oxygens (including phenoxy) is 1. The fraction of sp³-hybridized carbons (Fsp3) is 0.238. The van der Waals surface area contributed by atoms with Gasteiger partial charge in [0, 0.05) is 6.07 Å². The van der Waals surface area contributed by atoms with Crippen LogP contribution >= 0.6 is 0 Å². The molecule has 3 aromatic rings. The van der Waals surface area contributed by atoms with Crippen LogP contribution in [0.15, 0.2) is 64.6 Å². The molecule has 5 N–H and O–H groups in total. The molecule has 10 nitrogen and oxygen atoms in total. The van der Waals surface area contributed by atoms with Crippen LogP contribution < -0.4 is 20.5 Å². The van der Waals surface area contributed by atoms with E-state index in [2.05, 4.69) is 15.2 Å². The van der Waals surface area contributed by atoms with Crippen molar-refractivity contribution in [2.45, 2.75) is 23.5 Å². The van der Waals surface area contributed by atoms with E-state index in [1.54, 1.807) is 29.3 Å². The van der Waals surface area contributed by atoms with Gasteiger partial charge in [-0.15, -0.1) is 0 Å². The number of hydrogen-bond donors (Lipinski definition) is 3. The van der Waals surface area contributed by atoms with Gasteiger partial charge in [0.15, 0.2) is 11.8 Å². The minimum absolute atomic E-state index is 0.147. The van der Waals surface area contributed by atoms with Crippen molar-refractivity contribution in [1.29, 1.82) is 0 Å². The van der Waals surface area contributed by atoms with Gasteiger partial charge in [0.1, 0.15) is 11.9 Å². The third-order valence-electron chi connectivity index (χ3n) is 5.87. The lowest BCUT2D eigenvalue weighted by Gasteiger charge is -2.44. The molecule has 166 valence electrons. The van der Waals surface area contributed by atoms with Crippen LogP contribution in [0.2, 0.25) is 0 Å². The van der Waals surface area contributed by atoms with Gasteiger partial charge in [-0.1, -0.05) is 24.3 Å². The number of nitrogens with one attached hydrogen (secondary N) is 1. The average Bonchev–Trinajstić information content (AvgIpc) is 3.27. The highest BCUT2D eigenvalue weighted by molar-refractivity contribution is 7.92. The molecule has 0 radical (unpaired) electrons. The van der Waals surface area contributed by atoms with Crippen molar-refractivity contribution < 1.29 is 13.2 Å². The molecule has 2 aliphatic heterocycles. The summed E-state index contributed by atoms with van der Waals surface area (Å²) in [6.07, 6.45) is 1.58. The summed E-state index contributed by atoms with van der Waals surface area (Å²) in [4.78, 5) is 6.29. The summed E-state index contributed by atoms with van der Waals surface area (Å²) in [5.74, 6) is 1.20. The third-order valence-corrected chi connectivity index (χ3v) is 7.65. The smallest absolute Gasteiger partial charge is 0.264 e. The number of sulfonamides is 1. The number of fused-ring (bicyclic) bond motifs is 2. The normalized spacial score (nSPS) is 20.4. The molecule has 0 amide bonds. The van der Waals surface area contributed by atoms with Crippen LogP contribution in [0.3, 0.4) is 0 Å². The number of hydrogen-bond acceptors (Lipinski definition) is 8. The number of nitrogens with zero attached hydrogens (tertiary/aromatic N) is 4. The fourth-order valence-electron chi connectivity index (χ4n) is 4.31. The van der Waals surface area contributed by atoms with Crippen LogP contribution in [-0.2, 0) is 16.4 Å². The Hall–Kier alpha value is -3.57. The van der Waals surface area contributed by atoms with E-state index in [-0.39, 0.29) is 23.4 Å². The number of anilines is 1. The molecule has 11 heteroatoms. The van der Waals surface area contributed by atoms with E-state index in [0.717, 1.165) is 5.56 Å². The summed E-state index contributed by atoms with van der Waals surface area (Å²) in [6, 6.07) is 13.6. The summed E-state index contributed by atoms with van der Waals surface area (Å²) < 4.78 is 34.1. The molecule has 0 bridgehead atoms. The lowest BCUT2D eigenvalue weighted by molar-refractivity contribution is 0.233. The van der Waals surface area contributed by atoms with E-state index in [1.165, 1.54) is 17.5 Å². The molecule has 0 aliphatic carbocycles. The minimum Gasteiger partial charge on any atom is -0.497 e. The SMILES string of the molecule is COc1cccc(S(=O)(=O)N2CC(N3C(N)=Nc4[nH]ncc4C3N)Cc3ccccc32)c1. The zero-order valence-corrected chi connectivity index (χ0v) is 18.2. The highest BCUT2D eigenvalue weighted by Crippen LogP contribution is 2.37. The van der Waals surface area contributed by atoms with E-state index in [4.69, 9.17) is 16.2 Å². The number of guanidine groups is 1. The third kappa shape index (κ3) is 3.17. The molecule has 2 atom stereocenters. The van der Waals surface area contributed by atoms with Gasteiger partial charge >= 0.3 is 0 Å². The Kier molecular flexibility index (Phi) is 4.79. The fourth-order valence-corrected chi connectivity index (χ4v) is 5.89. The van der Waals surface area contributed by atoms with E-state index in [9.17, 15) is 8.42 Å². The zero-order valence-electron chi connectivity index (χ0n) is 17.3. The van der Waals surface area contributed by atoms with Gasteiger partial charge in [-0.25, -0.2) is 8.42 Å². The maximum absolute atomic E-state index is 13.7. The second kappa shape index (κ2) is 7.53. The van der Waals surface area contributed by atoms with Gasteiger partial charge < -0.3 is 21.1 Å². The largest absolute Gasteiger partial charge is 0.497 e. The Bertz CT molecular complexity index is 1300. The number of aromatic amines is 1. The van der Waals surface area contributed by atoms with Gasteiger partial charge in [-0.3, -0.25) is 9.40 Å². The molecule has 1 aromatic heterocycles. The van der Waals surface area contributed by atoms with Crippen LogP contribution in [-0.4, -0.2) is 49.2 Å².